The number of ketones is 1. The summed E-state index contributed by atoms with van der Waals surface area (Å²) in [5.41, 5.74) is 7.00. The first-order chi connectivity index (χ1) is 7.66. The molecule has 1 aromatic carbocycles. The van der Waals surface area contributed by atoms with Crippen molar-refractivity contribution in [3.05, 3.63) is 50.6 Å². The zero-order chi connectivity index (χ0) is 11.5. The third-order valence-electron chi connectivity index (χ3n) is 2.24. The number of carbonyl (C=O) groups is 1. The molecule has 0 amide bonds. The minimum Gasteiger partial charge on any atom is -0.398 e. The summed E-state index contributed by atoms with van der Waals surface area (Å²) in [6, 6.07) is 9.19. The molecule has 0 aliphatic carbocycles. The standard InChI is InChI=1S/C12H10BrNOS/c13-10-6-8(3-4-11(10)14)12(15)7-9-2-1-5-16-9/h1-6H,7,14H2. The molecule has 0 bridgehead atoms. The van der Waals surface area contributed by atoms with Gasteiger partial charge in [0.1, 0.15) is 0 Å². The van der Waals surface area contributed by atoms with Gasteiger partial charge in [-0.15, -0.1) is 11.3 Å². The van der Waals surface area contributed by atoms with E-state index in [2.05, 4.69) is 15.9 Å². The average Bonchev–Trinajstić information content (AvgIpc) is 2.74. The lowest BCUT2D eigenvalue weighted by molar-refractivity contribution is 0.0994. The van der Waals surface area contributed by atoms with Crippen LogP contribution in [0.3, 0.4) is 0 Å². The first kappa shape index (κ1) is 11.4. The molecule has 0 saturated carbocycles. The third kappa shape index (κ3) is 2.51. The summed E-state index contributed by atoms with van der Waals surface area (Å²) in [5.74, 6) is 0.114. The van der Waals surface area contributed by atoms with Crippen LogP contribution in [-0.4, -0.2) is 5.78 Å². The number of nitrogens with two attached hydrogens (primary N) is 1. The van der Waals surface area contributed by atoms with Crippen LogP contribution in [0.5, 0.6) is 0 Å². The van der Waals surface area contributed by atoms with E-state index >= 15 is 0 Å². The fourth-order valence-electron chi connectivity index (χ4n) is 1.37. The maximum Gasteiger partial charge on any atom is 0.168 e. The smallest absolute Gasteiger partial charge is 0.168 e. The fourth-order valence-corrected chi connectivity index (χ4v) is 2.46. The number of halogens is 1. The maximum absolute atomic E-state index is 11.9. The van der Waals surface area contributed by atoms with Gasteiger partial charge in [-0.05, 0) is 45.6 Å². The highest BCUT2D eigenvalue weighted by Gasteiger charge is 2.09. The van der Waals surface area contributed by atoms with E-state index in [1.54, 1.807) is 29.5 Å². The summed E-state index contributed by atoms with van der Waals surface area (Å²) in [7, 11) is 0. The van der Waals surface area contributed by atoms with Crippen molar-refractivity contribution in [2.24, 2.45) is 0 Å². The molecule has 82 valence electrons. The van der Waals surface area contributed by atoms with Crippen LogP contribution in [0.15, 0.2) is 40.2 Å². The van der Waals surface area contributed by atoms with Gasteiger partial charge >= 0.3 is 0 Å². The second-order valence-electron chi connectivity index (χ2n) is 3.42. The Balaban J connectivity index is 2.18. The van der Waals surface area contributed by atoms with E-state index < -0.39 is 0 Å². The van der Waals surface area contributed by atoms with E-state index in [9.17, 15) is 4.79 Å². The van der Waals surface area contributed by atoms with Crippen LogP contribution in [0.1, 0.15) is 15.2 Å². The molecule has 0 aliphatic rings. The van der Waals surface area contributed by atoms with Gasteiger partial charge in [-0.25, -0.2) is 0 Å². The highest BCUT2D eigenvalue weighted by molar-refractivity contribution is 9.10. The molecule has 4 heteroatoms. The first-order valence-corrected chi connectivity index (χ1v) is 6.44. The Morgan fingerprint density at radius 2 is 2.19 bits per heavy atom. The van der Waals surface area contributed by atoms with E-state index in [1.165, 1.54) is 0 Å². The highest BCUT2D eigenvalue weighted by Crippen LogP contribution is 2.21. The SMILES string of the molecule is Nc1ccc(C(=O)Cc2cccs2)cc1Br. The Morgan fingerprint density at radius 1 is 1.38 bits per heavy atom. The van der Waals surface area contributed by atoms with Gasteiger partial charge in [-0.1, -0.05) is 6.07 Å². The lowest BCUT2D eigenvalue weighted by Gasteiger charge is -2.02. The summed E-state index contributed by atoms with van der Waals surface area (Å²) in [5, 5.41) is 1.97. The van der Waals surface area contributed by atoms with Crippen molar-refractivity contribution >= 4 is 38.7 Å². The molecule has 2 rings (SSSR count). The van der Waals surface area contributed by atoms with Crippen molar-refractivity contribution < 1.29 is 4.79 Å². The number of rotatable bonds is 3. The Bertz CT molecular complexity index is 508. The lowest BCUT2D eigenvalue weighted by atomic mass is 10.1. The van der Waals surface area contributed by atoms with Crippen molar-refractivity contribution in [2.45, 2.75) is 6.42 Å². The molecule has 0 spiro atoms. The van der Waals surface area contributed by atoms with Gasteiger partial charge in [-0.2, -0.15) is 0 Å². The zero-order valence-corrected chi connectivity index (χ0v) is 10.8. The Kier molecular flexibility index (Phi) is 3.41. The van der Waals surface area contributed by atoms with Gasteiger partial charge < -0.3 is 5.73 Å². The molecule has 2 nitrogen and oxygen atoms in total. The van der Waals surface area contributed by atoms with Crippen molar-refractivity contribution in [2.75, 3.05) is 5.73 Å². The predicted molar refractivity (Wildman–Crippen MR) is 70.9 cm³/mol. The topological polar surface area (TPSA) is 43.1 Å². The van der Waals surface area contributed by atoms with E-state index in [0.717, 1.165) is 9.35 Å². The van der Waals surface area contributed by atoms with Gasteiger partial charge in [0.2, 0.25) is 0 Å². The molecule has 2 aromatic rings. The number of hydrogen-bond donors (Lipinski definition) is 1. The van der Waals surface area contributed by atoms with Gasteiger partial charge in [-0.3, -0.25) is 4.79 Å². The second kappa shape index (κ2) is 4.80. The Labute approximate surface area is 106 Å². The van der Waals surface area contributed by atoms with Gasteiger partial charge in [0.05, 0.1) is 0 Å². The number of hydrogen-bond acceptors (Lipinski definition) is 3. The average molecular weight is 296 g/mol. The zero-order valence-electron chi connectivity index (χ0n) is 8.44. The fraction of sp³-hybridized carbons (Fsp3) is 0.0833. The van der Waals surface area contributed by atoms with Crippen LogP contribution < -0.4 is 5.73 Å². The summed E-state index contributed by atoms with van der Waals surface area (Å²) in [6.45, 7) is 0. The molecule has 0 atom stereocenters. The van der Waals surface area contributed by atoms with Crippen LogP contribution in [-0.2, 0) is 6.42 Å². The highest BCUT2D eigenvalue weighted by atomic mass is 79.9. The van der Waals surface area contributed by atoms with Gasteiger partial charge in [0.15, 0.2) is 5.78 Å². The predicted octanol–water partition coefficient (Wildman–Crippen LogP) is 3.52. The summed E-state index contributed by atoms with van der Waals surface area (Å²) >= 11 is 4.91. The second-order valence-corrected chi connectivity index (χ2v) is 5.30. The summed E-state index contributed by atoms with van der Waals surface area (Å²) in [6.07, 6.45) is 0.452. The van der Waals surface area contributed by atoms with Crippen LogP contribution in [0.25, 0.3) is 0 Å². The quantitative estimate of drug-likeness (QED) is 0.695. The van der Waals surface area contributed by atoms with Crippen LogP contribution >= 0.6 is 27.3 Å². The Hall–Kier alpha value is -1.13. The minimum absolute atomic E-state index is 0.114. The first-order valence-electron chi connectivity index (χ1n) is 4.77. The molecular formula is C12H10BrNOS. The summed E-state index contributed by atoms with van der Waals surface area (Å²) in [4.78, 5) is 13.0. The van der Waals surface area contributed by atoms with E-state index in [-0.39, 0.29) is 5.78 Å². The molecule has 0 saturated heterocycles. The number of Topliss-reactive ketones (excluding diaryl/α,β-unsaturated/α-hetero) is 1. The number of nitrogen functional groups attached to an aromatic ring is 1. The molecule has 0 unspecified atom stereocenters. The van der Waals surface area contributed by atoms with Crippen molar-refractivity contribution in [3.63, 3.8) is 0 Å². The number of benzene rings is 1. The van der Waals surface area contributed by atoms with Crippen molar-refractivity contribution in [3.8, 4) is 0 Å². The van der Waals surface area contributed by atoms with E-state index in [0.29, 0.717) is 17.7 Å². The maximum atomic E-state index is 11.9. The molecule has 1 heterocycles. The lowest BCUT2D eigenvalue weighted by Crippen LogP contribution is -2.02. The van der Waals surface area contributed by atoms with Gasteiger partial charge in [0, 0.05) is 27.0 Å². The van der Waals surface area contributed by atoms with Crippen molar-refractivity contribution in [1.82, 2.24) is 0 Å². The summed E-state index contributed by atoms with van der Waals surface area (Å²) < 4.78 is 0.768. The van der Waals surface area contributed by atoms with Gasteiger partial charge in [0.25, 0.3) is 0 Å². The Morgan fingerprint density at radius 3 is 2.81 bits per heavy atom. The van der Waals surface area contributed by atoms with E-state index in [4.69, 9.17) is 5.73 Å². The number of anilines is 1. The van der Waals surface area contributed by atoms with Crippen molar-refractivity contribution in [1.29, 1.82) is 0 Å². The molecule has 0 radical (unpaired) electrons. The monoisotopic (exact) mass is 295 g/mol. The number of thiophene rings is 1. The third-order valence-corrected chi connectivity index (χ3v) is 3.80. The molecule has 1 aromatic heterocycles. The molecule has 16 heavy (non-hydrogen) atoms. The largest absolute Gasteiger partial charge is 0.398 e. The van der Waals surface area contributed by atoms with E-state index in [1.807, 2.05) is 17.5 Å². The normalized spacial score (nSPS) is 10.3. The number of carbonyl (C=O) groups excluding carboxylic acids is 1. The molecule has 0 aliphatic heterocycles. The van der Waals surface area contributed by atoms with Crippen LogP contribution in [0, 0.1) is 0 Å². The van der Waals surface area contributed by atoms with Crippen LogP contribution in [0.2, 0.25) is 0 Å². The molecular weight excluding hydrogens is 286 g/mol. The molecule has 2 N–H and O–H groups in total. The molecule has 0 fully saturated rings. The van der Waals surface area contributed by atoms with Crippen LogP contribution in [0.4, 0.5) is 5.69 Å². The minimum atomic E-state index is 0.114.